The van der Waals surface area contributed by atoms with Gasteiger partial charge in [-0.1, -0.05) is 13.3 Å². The van der Waals surface area contributed by atoms with Crippen LogP contribution in [0.1, 0.15) is 46.5 Å². The van der Waals surface area contributed by atoms with Crippen molar-refractivity contribution >= 4 is 17.0 Å². The normalized spacial score (nSPS) is 18.7. The summed E-state index contributed by atoms with van der Waals surface area (Å²) in [6.07, 6.45) is 4.22. The van der Waals surface area contributed by atoms with Crippen LogP contribution in [0.25, 0.3) is 11.2 Å². The fraction of sp³-hybridized carbons (Fsp3) is 0.722. The summed E-state index contributed by atoms with van der Waals surface area (Å²) >= 11 is 0. The maximum atomic E-state index is 12.5. The zero-order valence-corrected chi connectivity index (χ0v) is 16.0. The van der Waals surface area contributed by atoms with Gasteiger partial charge in [0.25, 0.3) is 0 Å². The smallest absolute Gasteiger partial charge is 0.327 e. The van der Waals surface area contributed by atoms with Gasteiger partial charge in [-0.2, -0.15) is 9.97 Å². The molecule has 0 aromatic carbocycles. The molecule has 0 radical (unpaired) electrons. The van der Waals surface area contributed by atoms with Gasteiger partial charge < -0.3 is 20.4 Å². The molecule has 144 valence electrons. The number of fused-ring (bicyclic) bond motifs is 1. The predicted molar refractivity (Wildman–Crippen MR) is 102 cm³/mol. The number of nitrogens with one attached hydrogen (secondary N) is 1. The molecule has 0 spiro atoms. The molecule has 1 saturated heterocycles. The number of aromatic amines is 1. The highest BCUT2D eigenvalue weighted by molar-refractivity contribution is 5.81. The minimum atomic E-state index is -0.187. The van der Waals surface area contributed by atoms with Crippen LogP contribution in [0.4, 0.5) is 5.82 Å². The Hall–Kier alpha value is -2.09. The molecule has 3 heterocycles. The maximum absolute atomic E-state index is 12.5. The third-order valence-corrected chi connectivity index (χ3v) is 5.08. The number of nitrogen functional groups attached to an aromatic ring is 1. The lowest BCUT2D eigenvalue weighted by Crippen LogP contribution is -2.41. The lowest BCUT2D eigenvalue weighted by atomic mass is 9.97. The zero-order chi connectivity index (χ0) is 18.7. The summed E-state index contributed by atoms with van der Waals surface area (Å²) in [6.45, 7) is 9.83. The monoisotopic (exact) mass is 362 g/mol. The second-order valence-electron chi connectivity index (χ2n) is 7.43. The SMILES string of the molecule is CCCCOc1nc(N)c2[nH]c(=O)n(CC3CCCN(C(C)C)C3)c2n1. The molecule has 1 unspecified atom stereocenters. The van der Waals surface area contributed by atoms with Gasteiger partial charge in [0.05, 0.1) is 6.61 Å². The summed E-state index contributed by atoms with van der Waals surface area (Å²) in [6, 6.07) is 0.762. The van der Waals surface area contributed by atoms with Gasteiger partial charge in [-0.25, -0.2) is 4.79 Å². The highest BCUT2D eigenvalue weighted by atomic mass is 16.5. The van der Waals surface area contributed by atoms with Crippen LogP contribution in [0, 0.1) is 5.92 Å². The van der Waals surface area contributed by atoms with E-state index in [1.165, 1.54) is 0 Å². The third kappa shape index (κ3) is 4.00. The first-order valence-corrected chi connectivity index (χ1v) is 9.62. The van der Waals surface area contributed by atoms with Gasteiger partial charge in [-0.05, 0) is 45.6 Å². The largest absolute Gasteiger partial charge is 0.463 e. The number of rotatable bonds is 7. The van der Waals surface area contributed by atoms with Crippen LogP contribution in [-0.4, -0.2) is 50.2 Å². The predicted octanol–water partition coefficient (Wildman–Crippen LogP) is 2.00. The Morgan fingerprint density at radius 2 is 2.19 bits per heavy atom. The minimum Gasteiger partial charge on any atom is -0.463 e. The quantitative estimate of drug-likeness (QED) is 0.731. The third-order valence-electron chi connectivity index (χ3n) is 5.08. The summed E-state index contributed by atoms with van der Waals surface area (Å²) in [5, 5.41) is 0. The van der Waals surface area contributed by atoms with E-state index in [-0.39, 0.29) is 17.5 Å². The maximum Gasteiger partial charge on any atom is 0.327 e. The number of imidazole rings is 1. The van der Waals surface area contributed by atoms with Crippen LogP contribution in [0.2, 0.25) is 0 Å². The molecule has 2 aromatic heterocycles. The summed E-state index contributed by atoms with van der Waals surface area (Å²) in [7, 11) is 0. The number of H-pyrrole nitrogens is 1. The van der Waals surface area contributed by atoms with E-state index in [9.17, 15) is 4.79 Å². The van der Waals surface area contributed by atoms with E-state index in [4.69, 9.17) is 10.5 Å². The van der Waals surface area contributed by atoms with E-state index < -0.39 is 0 Å². The fourth-order valence-corrected chi connectivity index (χ4v) is 3.55. The van der Waals surface area contributed by atoms with Crippen molar-refractivity contribution in [2.75, 3.05) is 25.4 Å². The van der Waals surface area contributed by atoms with Crippen LogP contribution in [0.5, 0.6) is 6.01 Å². The summed E-state index contributed by atoms with van der Waals surface area (Å²) in [5.41, 5.74) is 6.86. The molecule has 1 aliphatic rings. The Balaban J connectivity index is 1.85. The molecule has 1 aliphatic heterocycles. The first kappa shape index (κ1) is 18.7. The number of piperidine rings is 1. The van der Waals surface area contributed by atoms with Crippen molar-refractivity contribution in [3.8, 4) is 6.01 Å². The number of likely N-dealkylation sites (tertiary alicyclic amines) is 1. The van der Waals surface area contributed by atoms with E-state index in [0.717, 1.165) is 38.8 Å². The van der Waals surface area contributed by atoms with Gasteiger partial charge in [0.1, 0.15) is 5.52 Å². The van der Waals surface area contributed by atoms with Gasteiger partial charge in [0.15, 0.2) is 11.5 Å². The number of hydrogen-bond donors (Lipinski definition) is 2. The zero-order valence-electron chi connectivity index (χ0n) is 16.0. The molecule has 0 aliphatic carbocycles. The van der Waals surface area contributed by atoms with Crippen LogP contribution in [0.15, 0.2) is 4.79 Å². The Kier molecular flexibility index (Phi) is 5.80. The van der Waals surface area contributed by atoms with E-state index in [0.29, 0.717) is 36.3 Å². The molecule has 0 bridgehead atoms. The minimum absolute atomic E-state index is 0.187. The molecule has 8 nitrogen and oxygen atoms in total. The molecule has 3 N–H and O–H groups in total. The molecular formula is C18H30N6O2. The van der Waals surface area contributed by atoms with Crippen molar-refractivity contribution < 1.29 is 4.74 Å². The number of hydrogen-bond acceptors (Lipinski definition) is 6. The molecule has 1 atom stereocenters. The number of aromatic nitrogens is 4. The van der Waals surface area contributed by atoms with Gasteiger partial charge in [-0.3, -0.25) is 4.57 Å². The van der Waals surface area contributed by atoms with Crippen molar-refractivity contribution in [2.24, 2.45) is 5.92 Å². The Labute approximate surface area is 153 Å². The average Bonchev–Trinajstić information content (AvgIpc) is 2.92. The Morgan fingerprint density at radius 3 is 2.92 bits per heavy atom. The van der Waals surface area contributed by atoms with Crippen molar-refractivity contribution in [3.63, 3.8) is 0 Å². The van der Waals surface area contributed by atoms with Crippen LogP contribution in [0.3, 0.4) is 0 Å². The number of nitrogens with zero attached hydrogens (tertiary/aromatic N) is 4. The Morgan fingerprint density at radius 1 is 1.38 bits per heavy atom. The van der Waals surface area contributed by atoms with Gasteiger partial charge >= 0.3 is 11.7 Å². The standard InChI is InChI=1S/C18H30N6O2/c1-4-5-9-26-17-21-15(19)14-16(22-17)24(18(25)20-14)11-13-7-6-8-23(10-13)12(2)3/h12-13H,4-11H2,1-3H3,(H,20,25)(H2,19,21,22). The van der Waals surface area contributed by atoms with E-state index in [2.05, 4.69) is 40.6 Å². The lowest BCUT2D eigenvalue weighted by Gasteiger charge is -2.35. The summed E-state index contributed by atoms with van der Waals surface area (Å²) < 4.78 is 7.29. The first-order valence-electron chi connectivity index (χ1n) is 9.62. The van der Waals surface area contributed by atoms with Crippen molar-refractivity contribution in [1.29, 1.82) is 0 Å². The van der Waals surface area contributed by atoms with E-state index in [1.807, 2.05) is 0 Å². The van der Waals surface area contributed by atoms with Crippen LogP contribution in [-0.2, 0) is 6.54 Å². The number of ether oxygens (including phenoxy) is 1. The van der Waals surface area contributed by atoms with Gasteiger partial charge in [-0.15, -0.1) is 0 Å². The molecule has 26 heavy (non-hydrogen) atoms. The Bertz CT molecular complexity index is 797. The summed E-state index contributed by atoms with van der Waals surface area (Å²) in [5.74, 6) is 0.674. The second-order valence-corrected chi connectivity index (χ2v) is 7.43. The molecule has 0 saturated carbocycles. The van der Waals surface area contributed by atoms with E-state index >= 15 is 0 Å². The highest BCUT2D eigenvalue weighted by Crippen LogP contribution is 2.23. The lowest BCUT2D eigenvalue weighted by molar-refractivity contribution is 0.131. The number of anilines is 1. The van der Waals surface area contributed by atoms with Crippen LogP contribution >= 0.6 is 0 Å². The van der Waals surface area contributed by atoms with E-state index in [1.54, 1.807) is 4.57 Å². The molecule has 0 amide bonds. The molecule has 8 heteroatoms. The topological polar surface area (TPSA) is 102 Å². The fourth-order valence-electron chi connectivity index (χ4n) is 3.55. The highest BCUT2D eigenvalue weighted by Gasteiger charge is 2.24. The first-order chi connectivity index (χ1) is 12.5. The molecule has 1 fully saturated rings. The molecule has 2 aromatic rings. The van der Waals surface area contributed by atoms with Gasteiger partial charge in [0, 0.05) is 19.1 Å². The van der Waals surface area contributed by atoms with Gasteiger partial charge in [0.2, 0.25) is 0 Å². The number of unbranched alkanes of at least 4 members (excludes halogenated alkanes) is 1. The molecule has 3 rings (SSSR count). The average molecular weight is 362 g/mol. The number of nitrogens with two attached hydrogens (primary N) is 1. The summed E-state index contributed by atoms with van der Waals surface area (Å²) in [4.78, 5) is 26.4. The van der Waals surface area contributed by atoms with Crippen molar-refractivity contribution in [2.45, 2.75) is 59.0 Å². The van der Waals surface area contributed by atoms with Crippen LogP contribution < -0.4 is 16.2 Å². The molecular weight excluding hydrogens is 332 g/mol. The second kappa shape index (κ2) is 8.07. The van der Waals surface area contributed by atoms with Crippen molar-refractivity contribution in [3.05, 3.63) is 10.5 Å². The van der Waals surface area contributed by atoms with Crippen molar-refractivity contribution in [1.82, 2.24) is 24.4 Å².